The molecule has 35 heavy (non-hydrogen) atoms. The van der Waals surface area contributed by atoms with Gasteiger partial charge in [0.2, 0.25) is 5.88 Å². The van der Waals surface area contributed by atoms with Crippen molar-refractivity contribution < 1.29 is 14.3 Å². The Morgan fingerprint density at radius 1 is 1.14 bits per heavy atom. The van der Waals surface area contributed by atoms with Crippen molar-refractivity contribution in [2.75, 3.05) is 18.6 Å². The van der Waals surface area contributed by atoms with Crippen molar-refractivity contribution in [3.63, 3.8) is 0 Å². The normalized spacial score (nSPS) is 14.8. The summed E-state index contributed by atoms with van der Waals surface area (Å²) in [5, 5.41) is 11.3. The minimum absolute atomic E-state index is 0.336. The quantitative estimate of drug-likeness (QED) is 0.448. The van der Waals surface area contributed by atoms with Crippen LogP contribution in [0.25, 0.3) is 10.9 Å². The lowest BCUT2D eigenvalue weighted by atomic mass is 9.77. The second-order valence-corrected chi connectivity index (χ2v) is 10.3. The Labute approximate surface area is 207 Å². The van der Waals surface area contributed by atoms with Crippen molar-refractivity contribution in [1.29, 1.82) is 5.26 Å². The van der Waals surface area contributed by atoms with Crippen LogP contribution < -0.4 is 9.64 Å². The number of nitriles is 1. The largest absolute Gasteiger partial charge is 0.481 e. The smallest absolute Gasteiger partial charge is 0.414 e. The molecule has 0 saturated heterocycles. The first-order valence-electron chi connectivity index (χ1n) is 12.1. The van der Waals surface area contributed by atoms with Gasteiger partial charge in [-0.15, -0.1) is 0 Å². The number of hydrogen-bond acceptors (Lipinski definition) is 5. The summed E-state index contributed by atoms with van der Waals surface area (Å²) in [4.78, 5) is 19.2. The number of rotatable bonds is 5. The molecule has 1 aliphatic heterocycles. The van der Waals surface area contributed by atoms with Crippen LogP contribution in [0.1, 0.15) is 56.9 Å². The van der Waals surface area contributed by atoms with Gasteiger partial charge in [-0.25, -0.2) is 9.78 Å². The van der Waals surface area contributed by atoms with E-state index in [-0.39, 0.29) is 6.09 Å². The summed E-state index contributed by atoms with van der Waals surface area (Å²) in [6.45, 7) is 10.2. The maximum Gasteiger partial charge on any atom is 0.414 e. The third-order valence-corrected chi connectivity index (χ3v) is 6.60. The van der Waals surface area contributed by atoms with E-state index in [1.54, 1.807) is 12.0 Å². The number of carbonyl (C=O) groups is 1. The van der Waals surface area contributed by atoms with Crippen molar-refractivity contribution in [1.82, 2.24) is 4.98 Å². The van der Waals surface area contributed by atoms with E-state index in [0.717, 1.165) is 51.7 Å². The van der Waals surface area contributed by atoms with Crippen LogP contribution in [0.5, 0.6) is 5.88 Å². The lowest BCUT2D eigenvalue weighted by Crippen LogP contribution is -2.35. The SMILES string of the molecule is CCc1cc2ccc(C(C)(C#N)Cc3cccc4c3CCN4C(=O)OC(C)(C)C)cc2nc1OC. The molecular weight excluding hydrogens is 438 g/mol. The summed E-state index contributed by atoms with van der Waals surface area (Å²) in [5.41, 5.74) is 4.51. The summed E-state index contributed by atoms with van der Waals surface area (Å²) < 4.78 is 11.1. The van der Waals surface area contributed by atoms with Crippen molar-refractivity contribution in [2.45, 2.75) is 64.9 Å². The highest BCUT2D eigenvalue weighted by Crippen LogP contribution is 2.37. The van der Waals surface area contributed by atoms with Gasteiger partial charge in [-0.05, 0) is 81.8 Å². The monoisotopic (exact) mass is 471 g/mol. The first-order chi connectivity index (χ1) is 16.6. The first kappa shape index (κ1) is 24.5. The van der Waals surface area contributed by atoms with E-state index in [1.165, 1.54) is 0 Å². The fourth-order valence-electron chi connectivity index (χ4n) is 4.73. The molecule has 0 N–H and O–H groups in total. The van der Waals surface area contributed by atoms with Crippen molar-refractivity contribution in [3.8, 4) is 11.9 Å². The number of hydrogen-bond donors (Lipinski definition) is 0. The molecule has 1 aliphatic rings. The second kappa shape index (κ2) is 9.22. The summed E-state index contributed by atoms with van der Waals surface area (Å²) >= 11 is 0. The van der Waals surface area contributed by atoms with Crippen molar-refractivity contribution >= 4 is 22.7 Å². The van der Waals surface area contributed by atoms with Crippen LogP contribution in [0.3, 0.4) is 0 Å². The topological polar surface area (TPSA) is 75.5 Å². The number of amides is 1. The molecular formula is C29H33N3O3. The lowest BCUT2D eigenvalue weighted by molar-refractivity contribution is 0.0584. The number of nitrogens with zero attached hydrogens (tertiary/aromatic N) is 3. The lowest BCUT2D eigenvalue weighted by Gasteiger charge is -2.26. The Balaban J connectivity index is 1.68. The minimum Gasteiger partial charge on any atom is -0.481 e. The van der Waals surface area contributed by atoms with E-state index in [9.17, 15) is 10.1 Å². The summed E-state index contributed by atoms with van der Waals surface area (Å²) in [7, 11) is 1.63. The number of pyridine rings is 1. The maximum atomic E-state index is 12.8. The Hall–Kier alpha value is -3.59. The zero-order valence-electron chi connectivity index (χ0n) is 21.4. The fraction of sp³-hybridized carbons (Fsp3) is 0.414. The van der Waals surface area contributed by atoms with Gasteiger partial charge < -0.3 is 9.47 Å². The van der Waals surface area contributed by atoms with E-state index in [2.05, 4.69) is 25.1 Å². The number of anilines is 1. The van der Waals surface area contributed by atoms with Gasteiger partial charge in [0.05, 0.1) is 29.8 Å². The number of carbonyl (C=O) groups excluding carboxylic acids is 1. The molecule has 1 unspecified atom stereocenters. The van der Waals surface area contributed by atoms with E-state index >= 15 is 0 Å². The summed E-state index contributed by atoms with van der Waals surface area (Å²) in [6.07, 6.45) is 1.77. The molecule has 2 heterocycles. The van der Waals surface area contributed by atoms with Crippen LogP contribution in [0, 0.1) is 11.3 Å². The summed E-state index contributed by atoms with van der Waals surface area (Å²) in [6, 6.07) is 16.7. The molecule has 6 heteroatoms. The zero-order chi connectivity index (χ0) is 25.4. The van der Waals surface area contributed by atoms with Gasteiger partial charge in [0.1, 0.15) is 5.60 Å². The van der Waals surface area contributed by atoms with Crippen molar-refractivity contribution in [3.05, 3.63) is 64.7 Å². The number of fused-ring (bicyclic) bond motifs is 2. The third-order valence-electron chi connectivity index (χ3n) is 6.60. The van der Waals surface area contributed by atoms with Crippen LogP contribution in [0.4, 0.5) is 10.5 Å². The van der Waals surface area contributed by atoms with Gasteiger partial charge in [0, 0.05) is 17.5 Å². The number of ether oxygens (including phenoxy) is 2. The van der Waals surface area contributed by atoms with E-state index < -0.39 is 11.0 Å². The highest BCUT2D eigenvalue weighted by molar-refractivity contribution is 5.91. The van der Waals surface area contributed by atoms with Gasteiger partial charge in [-0.2, -0.15) is 5.26 Å². The molecule has 1 amide bonds. The van der Waals surface area contributed by atoms with Crippen molar-refractivity contribution in [2.24, 2.45) is 0 Å². The highest BCUT2D eigenvalue weighted by atomic mass is 16.6. The minimum atomic E-state index is -0.763. The molecule has 1 aromatic heterocycles. The fourth-order valence-corrected chi connectivity index (χ4v) is 4.73. The van der Waals surface area contributed by atoms with E-state index in [4.69, 9.17) is 14.5 Å². The van der Waals surface area contributed by atoms with Gasteiger partial charge in [-0.3, -0.25) is 4.90 Å². The molecule has 2 aromatic carbocycles. The van der Waals surface area contributed by atoms with E-state index in [0.29, 0.717) is 18.8 Å². The summed E-state index contributed by atoms with van der Waals surface area (Å²) in [5.74, 6) is 0.624. The Morgan fingerprint density at radius 3 is 2.57 bits per heavy atom. The molecule has 1 atom stereocenters. The number of aromatic nitrogens is 1. The second-order valence-electron chi connectivity index (χ2n) is 10.3. The number of benzene rings is 2. The standard InChI is InChI=1S/C29H33N3O3/c1-7-19-15-20-11-12-22(16-24(20)31-26(19)34-6)29(5,18-30)17-21-9-8-10-25-23(21)13-14-32(25)27(33)35-28(2,3)4/h8-12,15-16H,7,13-14,17H2,1-6H3. The van der Waals surface area contributed by atoms with E-state index in [1.807, 2.05) is 58.0 Å². The molecule has 0 bridgehead atoms. The predicted molar refractivity (Wildman–Crippen MR) is 138 cm³/mol. The van der Waals surface area contributed by atoms with Crippen LogP contribution in [-0.2, 0) is 29.4 Å². The van der Waals surface area contributed by atoms with Crippen LogP contribution in [0.2, 0.25) is 0 Å². The molecule has 4 rings (SSSR count). The first-order valence-corrected chi connectivity index (χ1v) is 12.1. The van der Waals surface area contributed by atoms with Gasteiger partial charge in [0.15, 0.2) is 0 Å². The average molecular weight is 472 g/mol. The number of methoxy groups -OCH3 is 1. The van der Waals surface area contributed by atoms with Gasteiger partial charge >= 0.3 is 6.09 Å². The number of aryl methyl sites for hydroxylation is 1. The molecule has 0 spiro atoms. The zero-order valence-corrected chi connectivity index (χ0v) is 21.4. The average Bonchev–Trinajstić information content (AvgIpc) is 3.27. The predicted octanol–water partition coefficient (Wildman–Crippen LogP) is 6.13. The Morgan fingerprint density at radius 2 is 1.91 bits per heavy atom. The van der Waals surface area contributed by atoms with Crippen LogP contribution in [-0.4, -0.2) is 30.3 Å². The molecule has 3 aromatic rings. The molecule has 0 saturated carbocycles. The molecule has 0 aliphatic carbocycles. The maximum absolute atomic E-state index is 12.8. The molecule has 0 fully saturated rings. The van der Waals surface area contributed by atoms with Gasteiger partial charge in [-0.1, -0.05) is 31.2 Å². The third kappa shape index (κ3) is 4.81. The highest BCUT2D eigenvalue weighted by Gasteiger charge is 2.33. The van der Waals surface area contributed by atoms with Gasteiger partial charge in [0.25, 0.3) is 0 Å². The Kier molecular flexibility index (Phi) is 6.46. The molecule has 182 valence electrons. The molecule has 6 nitrogen and oxygen atoms in total. The Bertz CT molecular complexity index is 1320. The molecule has 0 radical (unpaired) electrons. The van der Waals surface area contributed by atoms with Crippen LogP contribution >= 0.6 is 0 Å². The van der Waals surface area contributed by atoms with Crippen LogP contribution in [0.15, 0.2) is 42.5 Å².